The molecule has 4 N–H and O–H groups in total. The second-order valence-electron chi connectivity index (χ2n) is 3.21. The summed E-state index contributed by atoms with van der Waals surface area (Å²) in [6, 6.07) is 4.10. The summed E-state index contributed by atoms with van der Waals surface area (Å²) in [6.45, 7) is 0. The average Bonchev–Trinajstić information content (AvgIpc) is 2.50. The van der Waals surface area contributed by atoms with Crippen LogP contribution in [0.2, 0.25) is 0 Å². The number of amides is 1. The van der Waals surface area contributed by atoms with Gasteiger partial charge >= 0.3 is 0 Å². The Balaban J connectivity index is 2.36. The number of aromatic hydroxyl groups is 2. The molecule has 0 spiro atoms. The van der Waals surface area contributed by atoms with E-state index in [2.05, 4.69) is 10.6 Å². The molecule has 1 saturated heterocycles. The number of nitrogens with one attached hydrogen (secondary N) is 2. The highest BCUT2D eigenvalue weighted by molar-refractivity contribution is 7.80. The van der Waals surface area contributed by atoms with E-state index in [4.69, 9.17) is 17.3 Å². The third-order valence-corrected chi connectivity index (χ3v) is 2.24. The fourth-order valence-electron chi connectivity index (χ4n) is 1.29. The molecule has 1 heterocycles. The van der Waals surface area contributed by atoms with Crippen LogP contribution < -0.4 is 10.6 Å². The highest BCUT2D eigenvalue weighted by Gasteiger charge is 2.20. The van der Waals surface area contributed by atoms with E-state index in [0.717, 1.165) is 0 Å². The number of rotatable bonds is 1. The fourth-order valence-corrected chi connectivity index (χ4v) is 1.49. The van der Waals surface area contributed by atoms with Crippen LogP contribution >= 0.6 is 12.2 Å². The van der Waals surface area contributed by atoms with Gasteiger partial charge in [0.2, 0.25) is 0 Å². The van der Waals surface area contributed by atoms with Crippen LogP contribution in [0.5, 0.6) is 11.5 Å². The number of benzene rings is 1. The maximum absolute atomic E-state index is 11.3. The first kappa shape index (κ1) is 10.4. The third kappa shape index (κ3) is 1.96. The Kier molecular flexibility index (Phi) is 2.49. The van der Waals surface area contributed by atoms with Crippen molar-refractivity contribution in [2.24, 2.45) is 0 Å². The first-order valence-corrected chi connectivity index (χ1v) is 4.83. The van der Waals surface area contributed by atoms with Gasteiger partial charge in [0.15, 0.2) is 5.11 Å². The van der Waals surface area contributed by atoms with E-state index >= 15 is 0 Å². The van der Waals surface area contributed by atoms with E-state index in [9.17, 15) is 9.90 Å². The van der Waals surface area contributed by atoms with E-state index in [1.165, 1.54) is 24.3 Å². The maximum Gasteiger partial charge on any atom is 0.273 e. The SMILES string of the molecule is O=C1NC(=S)N/C1=C\c1ccc(O)cc1O. The van der Waals surface area contributed by atoms with Crippen molar-refractivity contribution < 1.29 is 15.0 Å². The minimum absolute atomic E-state index is 0.0426. The largest absolute Gasteiger partial charge is 0.508 e. The van der Waals surface area contributed by atoms with Gasteiger partial charge in [-0.05, 0) is 30.4 Å². The summed E-state index contributed by atoms with van der Waals surface area (Å²) in [5.74, 6) is -0.503. The summed E-state index contributed by atoms with van der Waals surface area (Å²) in [7, 11) is 0. The zero-order chi connectivity index (χ0) is 11.7. The monoisotopic (exact) mass is 236 g/mol. The lowest BCUT2D eigenvalue weighted by Crippen LogP contribution is -2.21. The van der Waals surface area contributed by atoms with E-state index < -0.39 is 0 Å². The van der Waals surface area contributed by atoms with Crippen LogP contribution in [0.4, 0.5) is 0 Å². The van der Waals surface area contributed by atoms with E-state index in [1.54, 1.807) is 0 Å². The lowest BCUT2D eigenvalue weighted by atomic mass is 10.1. The van der Waals surface area contributed by atoms with Crippen LogP contribution in [0, 0.1) is 0 Å². The van der Waals surface area contributed by atoms with Gasteiger partial charge < -0.3 is 15.5 Å². The van der Waals surface area contributed by atoms with Crippen molar-refractivity contribution in [3.8, 4) is 11.5 Å². The van der Waals surface area contributed by atoms with Crippen LogP contribution in [0.25, 0.3) is 6.08 Å². The molecule has 0 aromatic heterocycles. The Labute approximate surface area is 96.4 Å². The maximum atomic E-state index is 11.3. The Morgan fingerprint density at radius 2 is 2.00 bits per heavy atom. The van der Waals surface area contributed by atoms with Crippen LogP contribution in [-0.4, -0.2) is 21.2 Å². The molecule has 1 amide bonds. The van der Waals surface area contributed by atoms with E-state index in [0.29, 0.717) is 5.56 Å². The fraction of sp³-hybridized carbons (Fsp3) is 0. The molecule has 2 rings (SSSR count). The standard InChI is InChI=1S/C10H8N2O3S/c13-6-2-1-5(8(14)4-6)3-7-9(15)12-10(16)11-7/h1-4,13-14H,(H2,11,12,15,16)/b7-3-. The second kappa shape index (κ2) is 3.82. The second-order valence-corrected chi connectivity index (χ2v) is 3.62. The third-order valence-electron chi connectivity index (χ3n) is 2.03. The molecule has 1 fully saturated rings. The number of phenols is 2. The summed E-state index contributed by atoms with van der Waals surface area (Å²) < 4.78 is 0. The highest BCUT2D eigenvalue weighted by atomic mass is 32.1. The van der Waals surface area contributed by atoms with Crippen molar-refractivity contribution in [2.75, 3.05) is 0 Å². The van der Waals surface area contributed by atoms with Crippen LogP contribution in [-0.2, 0) is 4.79 Å². The van der Waals surface area contributed by atoms with E-state index in [-0.39, 0.29) is 28.2 Å². The molecule has 6 heteroatoms. The topological polar surface area (TPSA) is 81.6 Å². The first-order chi connectivity index (χ1) is 7.56. The number of thiocarbonyl (C=S) groups is 1. The molecule has 1 aromatic rings. The molecule has 16 heavy (non-hydrogen) atoms. The van der Waals surface area contributed by atoms with Crippen molar-refractivity contribution in [1.29, 1.82) is 0 Å². The smallest absolute Gasteiger partial charge is 0.273 e. The molecule has 0 unspecified atom stereocenters. The highest BCUT2D eigenvalue weighted by Crippen LogP contribution is 2.24. The summed E-state index contributed by atoms with van der Waals surface area (Å²) >= 11 is 4.76. The molecular formula is C10H8N2O3S. The molecule has 0 bridgehead atoms. The lowest BCUT2D eigenvalue weighted by molar-refractivity contribution is -0.115. The predicted molar refractivity (Wildman–Crippen MR) is 61.6 cm³/mol. The molecule has 1 aliphatic heterocycles. The van der Waals surface area contributed by atoms with Gasteiger partial charge in [-0.25, -0.2) is 0 Å². The Bertz CT molecular complexity index is 511. The Morgan fingerprint density at radius 3 is 2.56 bits per heavy atom. The van der Waals surface area contributed by atoms with Gasteiger partial charge in [-0.3, -0.25) is 10.1 Å². The molecule has 0 saturated carbocycles. The molecular weight excluding hydrogens is 228 g/mol. The molecule has 1 aliphatic rings. The molecule has 0 atom stereocenters. The Hall–Kier alpha value is -2.08. The minimum atomic E-state index is -0.350. The van der Waals surface area contributed by atoms with Gasteiger partial charge in [0.05, 0.1) is 0 Å². The van der Waals surface area contributed by atoms with Gasteiger partial charge in [-0.2, -0.15) is 0 Å². The quantitative estimate of drug-likeness (QED) is 0.420. The lowest BCUT2D eigenvalue weighted by Gasteiger charge is -2.00. The molecule has 5 nitrogen and oxygen atoms in total. The van der Waals surface area contributed by atoms with Gasteiger partial charge in [0.1, 0.15) is 17.2 Å². The van der Waals surface area contributed by atoms with Gasteiger partial charge in [-0.15, -0.1) is 0 Å². The first-order valence-electron chi connectivity index (χ1n) is 4.42. The van der Waals surface area contributed by atoms with Crippen molar-refractivity contribution in [2.45, 2.75) is 0 Å². The normalized spacial score (nSPS) is 17.4. The zero-order valence-corrected chi connectivity index (χ0v) is 8.84. The van der Waals surface area contributed by atoms with Gasteiger partial charge in [0, 0.05) is 11.6 Å². The summed E-state index contributed by atoms with van der Waals surface area (Å²) in [4.78, 5) is 11.3. The van der Waals surface area contributed by atoms with Crippen LogP contribution in [0.3, 0.4) is 0 Å². The summed E-state index contributed by atoms with van der Waals surface area (Å²) in [6.07, 6.45) is 1.45. The zero-order valence-electron chi connectivity index (χ0n) is 8.02. The van der Waals surface area contributed by atoms with Crippen molar-refractivity contribution in [3.63, 3.8) is 0 Å². The summed E-state index contributed by atoms with van der Waals surface area (Å²) in [5.41, 5.74) is 0.672. The predicted octanol–water partition coefficient (Wildman–Crippen LogP) is 0.443. The average molecular weight is 236 g/mol. The van der Waals surface area contributed by atoms with Crippen molar-refractivity contribution in [1.82, 2.24) is 10.6 Å². The van der Waals surface area contributed by atoms with E-state index in [1.807, 2.05) is 0 Å². The number of carbonyl (C=O) groups excluding carboxylic acids is 1. The van der Waals surface area contributed by atoms with Crippen LogP contribution in [0.1, 0.15) is 5.56 Å². The number of hydrogen-bond acceptors (Lipinski definition) is 4. The number of phenolic OH excluding ortho intramolecular Hbond substituents is 2. The molecule has 0 aliphatic carbocycles. The van der Waals surface area contributed by atoms with Crippen LogP contribution in [0.15, 0.2) is 23.9 Å². The van der Waals surface area contributed by atoms with Gasteiger partial charge in [0.25, 0.3) is 5.91 Å². The molecule has 0 radical (unpaired) electrons. The molecule has 82 valence electrons. The van der Waals surface area contributed by atoms with Crippen molar-refractivity contribution in [3.05, 3.63) is 29.5 Å². The minimum Gasteiger partial charge on any atom is -0.508 e. The number of carbonyl (C=O) groups is 1. The summed E-state index contributed by atoms with van der Waals surface area (Å²) in [5, 5.41) is 23.9. The van der Waals surface area contributed by atoms with Crippen molar-refractivity contribution >= 4 is 29.3 Å². The number of hydrogen-bond donors (Lipinski definition) is 4. The molecule has 1 aromatic carbocycles. The Morgan fingerprint density at radius 1 is 1.25 bits per heavy atom. The van der Waals surface area contributed by atoms with Gasteiger partial charge in [-0.1, -0.05) is 0 Å².